The molecule has 0 heterocycles. The van der Waals surface area contributed by atoms with Gasteiger partial charge in [0.15, 0.2) is 0 Å². The molecule has 0 fully saturated rings. The Labute approximate surface area is 133 Å². The normalized spacial score (nSPS) is 11.8. The van der Waals surface area contributed by atoms with Crippen LogP contribution < -0.4 is 5.32 Å². The molecule has 22 heavy (non-hydrogen) atoms. The van der Waals surface area contributed by atoms with E-state index in [9.17, 15) is 14.9 Å². The summed E-state index contributed by atoms with van der Waals surface area (Å²) in [5.41, 5.74) is 2.15. The Morgan fingerprint density at radius 3 is 2.55 bits per heavy atom. The van der Waals surface area contributed by atoms with Gasteiger partial charge in [-0.05, 0) is 31.0 Å². The topological polar surface area (TPSA) is 72.2 Å². The molecule has 5 nitrogen and oxygen atoms in total. The van der Waals surface area contributed by atoms with E-state index in [1.807, 2.05) is 38.1 Å². The quantitative estimate of drug-likeness (QED) is 0.682. The van der Waals surface area contributed by atoms with Crippen LogP contribution >= 0.6 is 11.6 Å². The SMILES string of the molecule is Cc1ccccc1C(C)NC(=O)c1ccc([N+](=O)[O-])cc1Cl. The maximum atomic E-state index is 12.3. The Morgan fingerprint density at radius 2 is 1.95 bits per heavy atom. The van der Waals surface area contributed by atoms with Gasteiger partial charge in [0.1, 0.15) is 0 Å². The highest BCUT2D eigenvalue weighted by Gasteiger charge is 2.17. The number of hydrogen-bond donors (Lipinski definition) is 1. The summed E-state index contributed by atoms with van der Waals surface area (Å²) < 4.78 is 0. The number of hydrogen-bond acceptors (Lipinski definition) is 3. The minimum atomic E-state index is -0.552. The third-order valence-electron chi connectivity index (χ3n) is 3.41. The van der Waals surface area contributed by atoms with Crippen LogP contribution in [0.25, 0.3) is 0 Å². The highest BCUT2D eigenvalue weighted by atomic mass is 35.5. The molecule has 1 unspecified atom stereocenters. The van der Waals surface area contributed by atoms with E-state index < -0.39 is 4.92 Å². The van der Waals surface area contributed by atoms with Crippen molar-refractivity contribution in [3.63, 3.8) is 0 Å². The van der Waals surface area contributed by atoms with Gasteiger partial charge in [-0.1, -0.05) is 35.9 Å². The number of carbonyl (C=O) groups excluding carboxylic acids is 1. The van der Waals surface area contributed by atoms with Gasteiger partial charge in [0.25, 0.3) is 11.6 Å². The van der Waals surface area contributed by atoms with Crippen LogP contribution in [0, 0.1) is 17.0 Å². The molecule has 1 atom stereocenters. The van der Waals surface area contributed by atoms with Crippen LogP contribution in [0.1, 0.15) is 34.5 Å². The summed E-state index contributed by atoms with van der Waals surface area (Å²) in [4.78, 5) is 22.4. The molecule has 0 aromatic heterocycles. The minimum absolute atomic E-state index is 0.0590. The summed E-state index contributed by atoms with van der Waals surface area (Å²) in [6.45, 7) is 3.84. The maximum absolute atomic E-state index is 12.3. The zero-order valence-corrected chi connectivity index (χ0v) is 12.9. The van der Waals surface area contributed by atoms with E-state index in [0.29, 0.717) is 0 Å². The highest BCUT2D eigenvalue weighted by Crippen LogP contribution is 2.24. The lowest BCUT2D eigenvalue weighted by Gasteiger charge is -2.17. The molecule has 1 amide bonds. The molecule has 2 aromatic rings. The first-order chi connectivity index (χ1) is 10.4. The smallest absolute Gasteiger partial charge is 0.270 e. The molecule has 0 saturated carbocycles. The Bertz CT molecular complexity index is 731. The summed E-state index contributed by atoms with van der Waals surface area (Å²) in [5.74, 6) is -0.365. The van der Waals surface area contributed by atoms with E-state index >= 15 is 0 Å². The number of carbonyl (C=O) groups is 1. The third-order valence-corrected chi connectivity index (χ3v) is 3.72. The van der Waals surface area contributed by atoms with Gasteiger partial charge in [-0.3, -0.25) is 14.9 Å². The number of nitro benzene ring substituents is 1. The van der Waals surface area contributed by atoms with Crippen LogP contribution in [0.4, 0.5) is 5.69 Å². The molecule has 2 rings (SSSR count). The molecular weight excluding hydrogens is 304 g/mol. The van der Waals surface area contributed by atoms with Crippen LogP contribution in [0.2, 0.25) is 5.02 Å². The van der Waals surface area contributed by atoms with Gasteiger partial charge >= 0.3 is 0 Å². The van der Waals surface area contributed by atoms with Crippen molar-refractivity contribution in [2.45, 2.75) is 19.9 Å². The largest absolute Gasteiger partial charge is 0.345 e. The van der Waals surface area contributed by atoms with Crippen LogP contribution in [-0.2, 0) is 0 Å². The van der Waals surface area contributed by atoms with E-state index in [2.05, 4.69) is 5.32 Å². The molecule has 0 aliphatic carbocycles. The van der Waals surface area contributed by atoms with E-state index in [4.69, 9.17) is 11.6 Å². The number of nitrogens with one attached hydrogen (secondary N) is 1. The second kappa shape index (κ2) is 6.58. The van der Waals surface area contributed by atoms with Crippen LogP contribution in [0.5, 0.6) is 0 Å². The van der Waals surface area contributed by atoms with E-state index in [1.54, 1.807) is 0 Å². The number of non-ortho nitro benzene ring substituents is 1. The fourth-order valence-electron chi connectivity index (χ4n) is 2.23. The van der Waals surface area contributed by atoms with E-state index in [1.165, 1.54) is 18.2 Å². The molecule has 6 heteroatoms. The first-order valence-corrected chi connectivity index (χ1v) is 7.08. The van der Waals surface area contributed by atoms with Crippen molar-refractivity contribution in [3.05, 3.63) is 74.3 Å². The molecule has 0 spiro atoms. The first kappa shape index (κ1) is 16.0. The molecule has 114 valence electrons. The van der Waals surface area contributed by atoms with Gasteiger partial charge in [-0.25, -0.2) is 0 Å². The monoisotopic (exact) mass is 318 g/mol. The average Bonchev–Trinajstić information content (AvgIpc) is 2.47. The maximum Gasteiger partial charge on any atom is 0.270 e. The zero-order valence-electron chi connectivity index (χ0n) is 12.2. The second-order valence-corrected chi connectivity index (χ2v) is 5.38. The Morgan fingerprint density at radius 1 is 1.27 bits per heavy atom. The van der Waals surface area contributed by atoms with Gasteiger partial charge in [-0.2, -0.15) is 0 Å². The van der Waals surface area contributed by atoms with Gasteiger partial charge in [0, 0.05) is 12.1 Å². The van der Waals surface area contributed by atoms with E-state index in [0.717, 1.165) is 11.1 Å². The minimum Gasteiger partial charge on any atom is -0.345 e. The highest BCUT2D eigenvalue weighted by molar-refractivity contribution is 6.34. The molecule has 0 aliphatic heterocycles. The molecular formula is C16H15ClN2O3. The summed E-state index contributed by atoms with van der Waals surface area (Å²) in [6, 6.07) is 11.4. The van der Waals surface area contributed by atoms with Crippen molar-refractivity contribution in [2.24, 2.45) is 0 Å². The van der Waals surface area contributed by atoms with Crippen molar-refractivity contribution in [2.75, 3.05) is 0 Å². The number of benzene rings is 2. The number of rotatable bonds is 4. The van der Waals surface area contributed by atoms with Crippen LogP contribution in [0.3, 0.4) is 0 Å². The fraction of sp³-hybridized carbons (Fsp3) is 0.188. The number of amides is 1. The number of nitrogens with zero attached hydrogens (tertiary/aromatic N) is 1. The second-order valence-electron chi connectivity index (χ2n) is 4.97. The molecule has 0 radical (unpaired) electrons. The lowest BCUT2D eigenvalue weighted by atomic mass is 10.0. The summed E-state index contributed by atoms with van der Waals surface area (Å²) in [5, 5.41) is 13.6. The summed E-state index contributed by atoms with van der Waals surface area (Å²) in [6.07, 6.45) is 0. The fourth-order valence-corrected chi connectivity index (χ4v) is 2.49. The lowest BCUT2D eigenvalue weighted by molar-refractivity contribution is -0.384. The van der Waals surface area contributed by atoms with Crippen LogP contribution in [0.15, 0.2) is 42.5 Å². The third kappa shape index (κ3) is 3.43. The lowest BCUT2D eigenvalue weighted by Crippen LogP contribution is -2.27. The summed E-state index contributed by atoms with van der Waals surface area (Å²) in [7, 11) is 0. The molecule has 0 aliphatic rings. The predicted molar refractivity (Wildman–Crippen MR) is 85.2 cm³/mol. The molecule has 0 bridgehead atoms. The van der Waals surface area contributed by atoms with Gasteiger partial charge in [0.2, 0.25) is 0 Å². The van der Waals surface area contributed by atoms with Gasteiger partial charge < -0.3 is 5.32 Å². The zero-order chi connectivity index (χ0) is 16.3. The molecule has 1 N–H and O–H groups in total. The van der Waals surface area contributed by atoms with Gasteiger partial charge in [0.05, 0.1) is 21.6 Å². The first-order valence-electron chi connectivity index (χ1n) is 6.70. The van der Waals surface area contributed by atoms with Crippen LogP contribution in [-0.4, -0.2) is 10.8 Å². The Balaban J connectivity index is 2.19. The number of nitro groups is 1. The molecule has 0 saturated heterocycles. The predicted octanol–water partition coefficient (Wildman–Crippen LogP) is 4.05. The number of halogens is 1. The van der Waals surface area contributed by atoms with Gasteiger partial charge in [-0.15, -0.1) is 0 Å². The number of aryl methyl sites for hydroxylation is 1. The van der Waals surface area contributed by atoms with Crippen molar-refractivity contribution >= 4 is 23.2 Å². The summed E-state index contributed by atoms with van der Waals surface area (Å²) >= 11 is 5.96. The van der Waals surface area contributed by atoms with Crippen molar-refractivity contribution in [1.82, 2.24) is 5.32 Å². The average molecular weight is 319 g/mol. The van der Waals surface area contributed by atoms with Crippen molar-refractivity contribution < 1.29 is 9.72 Å². The van der Waals surface area contributed by atoms with Crippen molar-refractivity contribution in [3.8, 4) is 0 Å². The Kier molecular flexibility index (Phi) is 4.78. The van der Waals surface area contributed by atoms with E-state index in [-0.39, 0.29) is 28.2 Å². The Hall–Kier alpha value is -2.40. The molecule has 2 aromatic carbocycles. The standard InChI is InChI=1S/C16H15ClN2O3/c1-10-5-3-4-6-13(10)11(2)18-16(20)14-8-7-12(19(21)22)9-15(14)17/h3-9,11H,1-2H3,(H,18,20). The van der Waals surface area contributed by atoms with Crippen molar-refractivity contribution in [1.29, 1.82) is 0 Å².